The van der Waals surface area contributed by atoms with Gasteiger partial charge in [0.05, 0.1) is 16.8 Å². The van der Waals surface area contributed by atoms with Crippen molar-refractivity contribution in [2.24, 2.45) is 5.73 Å². The van der Waals surface area contributed by atoms with Gasteiger partial charge in [-0.3, -0.25) is 5.41 Å². The zero-order valence-corrected chi connectivity index (χ0v) is 11.2. The molecular formula is C10H23N3O2S. The van der Waals surface area contributed by atoms with E-state index >= 15 is 0 Å². The van der Waals surface area contributed by atoms with Crippen LogP contribution in [0.1, 0.15) is 27.2 Å². The zero-order chi connectivity index (χ0) is 12.8. The Balaban J connectivity index is 4.10. The first kappa shape index (κ1) is 15.4. The standard InChI is InChI=1S/C10H23N3O2S/c1-4-13(6-5-10(11)12)7-8-16(14,15)9(2)3/h9H,4-8H2,1-3H3,(H3,11,12). The Morgan fingerprint density at radius 3 is 2.31 bits per heavy atom. The number of rotatable bonds is 8. The molecule has 0 atom stereocenters. The van der Waals surface area contributed by atoms with Crippen LogP contribution in [0, 0.1) is 5.41 Å². The van der Waals surface area contributed by atoms with Crippen molar-refractivity contribution >= 4 is 15.7 Å². The highest BCUT2D eigenvalue weighted by Gasteiger charge is 2.17. The molecule has 0 aliphatic rings. The van der Waals surface area contributed by atoms with Gasteiger partial charge in [0, 0.05) is 19.5 Å². The minimum atomic E-state index is -2.97. The van der Waals surface area contributed by atoms with Gasteiger partial charge in [0.1, 0.15) is 0 Å². The average Bonchev–Trinajstić information content (AvgIpc) is 2.17. The Morgan fingerprint density at radius 2 is 1.94 bits per heavy atom. The summed E-state index contributed by atoms with van der Waals surface area (Å²) in [6, 6.07) is 0. The quantitative estimate of drug-likeness (QED) is 0.483. The second kappa shape index (κ2) is 6.85. The second-order valence-electron chi connectivity index (χ2n) is 4.13. The van der Waals surface area contributed by atoms with E-state index in [1.54, 1.807) is 13.8 Å². The third-order valence-corrected chi connectivity index (χ3v) is 4.74. The molecule has 0 aliphatic carbocycles. The molecule has 0 radical (unpaired) electrons. The van der Waals surface area contributed by atoms with E-state index in [0.29, 0.717) is 19.5 Å². The minimum absolute atomic E-state index is 0.144. The van der Waals surface area contributed by atoms with Gasteiger partial charge in [-0.05, 0) is 20.4 Å². The summed E-state index contributed by atoms with van der Waals surface area (Å²) in [5.74, 6) is 0.321. The highest BCUT2D eigenvalue weighted by molar-refractivity contribution is 7.92. The van der Waals surface area contributed by atoms with Crippen LogP contribution < -0.4 is 5.73 Å². The van der Waals surface area contributed by atoms with Gasteiger partial charge in [0.25, 0.3) is 0 Å². The Hall–Kier alpha value is -0.620. The van der Waals surface area contributed by atoms with Gasteiger partial charge in [0.2, 0.25) is 0 Å². The molecule has 0 heterocycles. The zero-order valence-electron chi connectivity index (χ0n) is 10.4. The minimum Gasteiger partial charge on any atom is -0.388 e. The van der Waals surface area contributed by atoms with E-state index in [0.717, 1.165) is 6.54 Å². The molecule has 0 spiro atoms. The van der Waals surface area contributed by atoms with Crippen molar-refractivity contribution in [2.75, 3.05) is 25.4 Å². The van der Waals surface area contributed by atoms with Crippen molar-refractivity contribution < 1.29 is 8.42 Å². The van der Waals surface area contributed by atoms with Crippen molar-refractivity contribution in [3.63, 3.8) is 0 Å². The van der Waals surface area contributed by atoms with E-state index < -0.39 is 9.84 Å². The smallest absolute Gasteiger partial charge is 0.153 e. The highest BCUT2D eigenvalue weighted by atomic mass is 32.2. The van der Waals surface area contributed by atoms with E-state index in [1.165, 1.54) is 0 Å². The molecule has 0 amide bonds. The Morgan fingerprint density at radius 1 is 1.38 bits per heavy atom. The number of amidine groups is 1. The normalized spacial score (nSPS) is 12.3. The predicted molar refractivity (Wildman–Crippen MR) is 67.6 cm³/mol. The predicted octanol–water partition coefficient (Wildman–Crippen LogP) is 0.458. The van der Waals surface area contributed by atoms with Crippen LogP contribution in [0.15, 0.2) is 0 Å². The molecular weight excluding hydrogens is 226 g/mol. The summed E-state index contributed by atoms with van der Waals surface area (Å²) in [6.07, 6.45) is 0.496. The second-order valence-corrected chi connectivity index (χ2v) is 6.80. The Bertz CT molecular complexity index is 312. The lowest BCUT2D eigenvalue weighted by atomic mass is 10.3. The van der Waals surface area contributed by atoms with Gasteiger partial charge in [0.15, 0.2) is 9.84 Å². The lowest BCUT2D eigenvalue weighted by Gasteiger charge is -2.20. The molecule has 0 saturated heterocycles. The molecule has 0 saturated carbocycles. The number of hydrogen-bond donors (Lipinski definition) is 2. The van der Waals surface area contributed by atoms with Crippen molar-refractivity contribution in [1.29, 1.82) is 5.41 Å². The summed E-state index contributed by atoms with van der Waals surface area (Å²) in [6.45, 7) is 7.31. The summed E-state index contributed by atoms with van der Waals surface area (Å²) in [4.78, 5) is 2.00. The van der Waals surface area contributed by atoms with E-state index in [2.05, 4.69) is 0 Å². The maximum Gasteiger partial charge on any atom is 0.153 e. The van der Waals surface area contributed by atoms with Crippen LogP contribution in [0.25, 0.3) is 0 Å². The number of nitrogens with one attached hydrogen (secondary N) is 1. The van der Waals surface area contributed by atoms with E-state index in [-0.39, 0.29) is 16.8 Å². The molecule has 6 heteroatoms. The molecule has 3 N–H and O–H groups in total. The summed E-state index contributed by atoms with van der Waals surface area (Å²) >= 11 is 0. The fraction of sp³-hybridized carbons (Fsp3) is 0.900. The number of hydrogen-bond acceptors (Lipinski definition) is 4. The fourth-order valence-electron chi connectivity index (χ4n) is 1.20. The molecule has 0 aromatic rings. The average molecular weight is 249 g/mol. The molecule has 0 aliphatic heterocycles. The maximum atomic E-state index is 11.6. The molecule has 96 valence electrons. The van der Waals surface area contributed by atoms with Crippen LogP contribution >= 0.6 is 0 Å². The first-order chi connectivity index (χ1) is 7.29. The van der Waals surface area contributed by atoms with Crippen molar-refractivity contribution in [3.8, 4) is 0 Å². The van der Waals surface area contributed by atoms with Crippen molar-refractivity contribution in [1.82, 2.24) is 4.90 Å². The van der Waals surface area contributed by atoms with E-state index in [4.69, 9.17) is 11.1 Å². The number of sulfone groups is 1. The lowest BCUT2D eigenvalue weighted by molar-refractivity contribution is 0.313. The van der Waals surface area contributed by atoms with Gasteiger partial charge >= 0.3 is 0 Å². The van der Waals surface area contributed by atoms with Gasteiger partial charge in [-0.1, -0.05) is 6.92 Å². The first-order valence-electron chi connectivity index (χ1n) is 5.56. The number of nitrogens with two attached hydrogens (primary N) is 1. The van der Waals surface area contributed by atoms with Gasteiger partial charge in [-0.25, -0.2) is 8.42 Å². The SMILES string of the molecule is CCN(CCC(=N)N)CCS(=O)(=O)C(C)C. The largest absolute Gasteiger partial charge is 0.388 e. The van der Waals surface area contributed by atoms with Crippen LogP contribution in [0.3, 0.4) is 0 Å². The van der Waals surface area contributed by atoms with Crippen LogP contribution in [0.2, 0.25) is 0 Å². The fourth-order valence-corrected chi connectivity index (χ4v) is 2.18. The van der Waals surface area contributed by atoms with Crippen LogP contribution in [0.4, 0.5) is 0 Å². The highest BCUT2D eigenvalue weighted by Crippen LogP contribution is 2.02. The summed E-state index contributed by atoms with van der Waals surface area (Å²) in [7, 11) is -2.97. The molecule has 0 fully saturated rings. The van der Waals surface area contributed by atoms with Gasteiger partial charge in [-0.15, -0.1) is 0 Å². The third-order valence-electron chi connectivity index (χ3n) is 2.55. The van der Waals surface area contributed by atoms with E-state index in [1.807, 2.05) is 11.8 Å². The van der Waals surface area contributed by atoms with Crippen LogP contribution in [0.5, 0.6) is 0 Å². The summed E-state index contributed by atoms with van der Waals surface area (Å²) in [5.41, 5.74) is 5.26. The van der Waals surface area contributed by atoms with Gasteiger partial charge < -0.3 is 10.6 Å². The third kappa shape index (κ3) is 6.07. The molecule has 16 heavy (non-hydrogen) atoms. The summed E-state index contributed by atoms with van der Waals surface area (Å²) in [5, 5.41) is 6.80. The Kier molecular flexibility index (Phi) is 6.59. The summed E-state index contributed by atoms with van der Waals surface area (Å²) < 4.78 is 23.2. The maximum absolute atomic E-state index is 11.6. The molecule has 0 aromatic carbocycles. The van der Waals surface area contributed by atoms with E-state index in [9.17, 15) is 8.42 Å². The van der Waals surface area contributed by atoms with Crippen molar-refractivity contribution in [2.45, 2.75) is 32.4 Å². The van der Waals surface area contributed by atoms with Crippen molar-refractivity contribution in [3.05, 3.63) is 0 Å². The number of nitrogens with zero attached hydrogens (tertiary/aromatic N) is 1. The first-order valence-corrected chi connectivity index (χ1v) is 7.28. The molecule has 0 aromatic heterocycles. The monoisotopic (exact) mass is 249 g/mol. The molecule has 0 unspecified atom stereocenters. The molecule has 0 bridgehead atoms. The Labute approximate surface area is 98.4 Å². The molecule has 0 rings (SSSR count). The topological polar surface area (TPSA) is 87.2 Å². The van der Waals surface area contributed by atoms with Crippen LogP contribution in [-0.4, -0.2) is 49.8 Å². The lowest BCUT2D eigenvalue weighted by Crippen LogP contribution is -2.33. The van der Waals surface area contributed by atoms with Gasteiger partial charge in [-0.2, -0.15) is 0 Å². The molecule has 5 nitrogen and oxygen atoms in total. The van der Waals surface area contributed by atoms with Crippen LogP contribution in [-0.2, 0) is 9.84 Å².